The van der Waals surface area contributed by atoms with E-state index < -0.39 is 7.37 Å². The summed E-state index contributed by atoms with van der Waals surface area (Å²) in [5.74, 6) is 0.481. The summed E-state index contributed by atoms with van der Waals surface area (Å²) in [5, 5.41) is 0. The Morgan fingerprint density at radius 3 is 1.80 bits per heavy atom. The number of halogens is 1. The summed E-state index contributed by atoms with van der Waals surface area (Å²) >= 11 is 0. The van der Waals surface area contributed by atoms with Gasteiger partial charge in [-0.1, -0.05) is 0 Å². The minimum atomic E-state index is -1.98. The fourth-order valence-corrected chi connectivity index (χ4v) is 4.21. The van der Waals surface area contributed by atoms with Gasteiger partial charge in [0.2, 0.25) is 11.6 Å². The highest BCUT2D eigenvalue weighted by atomic mass is 35.5. The Hall–Kier alpha value is 0.440. The molecule has 3 atom stereocenters. The molecule has 5 heteroatoms. The van der Waals surface area contributed by atoms with Crippen molar-refractivity contribution < 1.29 is 26.0 Å². The molecule has 2 fully saturated rings. The van der Waals surface area contributed by atoms with Crippen molar-refractivity contribution in [3.8, 4) is 0 Å². The molecule has 0 amide bonds. The molecule has 0 aliphatic carbocycles. The maximum absolute atomic E-state index is 11.1. The highest BCUT2D eigenvalue weighted by molar-refractivity contribution is 7.74. The summed E-state index contributed by atoms with van der Waals surface area (Å²) in [7, 11) is 4.18. The lowest BCUT2D eigenvalue weighted by Gasteiger charge is -2.24. The van der Waals surface area contributed by atoms with Gasteiger partial charge in [-0.15, -0.1) is 0 Å². The van der Waals surface area contributed by atoms with Crippen molar-refractivity contribution in [2.45, 2.75) is 11.6 Å². The summed E-state index contributed by atoms with van der Waals surface area (Å²) < 4.78 is 16.8. The fourth-order valence-electron chi connectivity index (χ4n) is 1.32. The first-order chi connectivity index (χ1) is 3.96. The predicted octanol–water partition coefficient (Wildman–Crippen LogP) is -2.33. The molecule has 0 N–H and O–H groups in total. The molecule has 0 saturated carbocycles. The van der Waals surface area contributed by atoms with E-state index >= 15 is 0 Å². The Balaban J connectivity index is 0.000000500. The van der Waals surface area contributed by atoms with Gasteiger partial charge in [0.05, 0.1) is 21.1 Å². The molecule has 0 radical (unpaired) electrons. The lowest BCUT2D eigenvalue weighted by atomic mass is 10.5. The normalized spacial score (nSPS) is 49.1. The van der Waals surface area contributed by atoms with Crippen LogP contribution in [0.5, 0.6) is 0 Å². The van der Waals surface area contributed by atoms with E-state index in [-0.39, 0.29) is 18.3 Å². The van der Waals surface area contributed by atoms with Crippen LogP contribution in [-0.2, 0) is 9.09 Å². The summed E-state index contributed by atoms with van der Waals surface area (Å²) in [6.45, 7) is 0. The van der Waals surface area contributed by atoms with Crippen LogP contribution in [0.4, 0.5) is 0 Å². The topological polar surface area (TPSA) is 29.6 Å². The first-order valence-corrected chi connectivity index (χ1v) is 4.81. The van der Waals surface area contributed by atoms with E-state index in [0.717, 1.165) is 4.48 Å². The SMILES string of the molecule is C[N+](C)(C)C1C2OP21=O.[Cl-]. The van der Waals surface area contributed by atoms with Crippen LogP contribution in [0.15, 0.2) is 0 Å². The third-order valence-electron chi connectivity index (χ3n) is 1.91. The molecule has 60 valence electrons. The number of quaternary nitrogens is 1. The Labute approximate surface area is 66.8 Å². The molecular formula is C5H11ClNO2P. The maximum atomic E-state index is 11.1. The zero-order chi connectivity index (χ0) is 6.86. The van der Waals surface area contributed by atoms with Gasteiger partial charge in [-0.05, 0) is 0 Å². The smallest absolute Gasteiger partial charge is 0.298 e. The van der Waals surface area contributed by atoms with Crippen LogP contribution in [0.2, 0.25) is 0 Å². The number of hydrogen-bond donors (Lipinski definition) is 0. The Bertz CT molecular complexity index is 212. The van der Waals surface area contributed by atoms with E-state index in [2.05, 4.69) is 21.1 Å². The van der Waals surface area contributed by atoms with Crippen molar-refractivity contribution in [3.63, 3.8) is 0 Å². The molecule has 2 aliphatic rings. The first-order valence-electron chi connectivity index (χ1n) is 3.05. The second kappa shape index (κ2) is 1.78. The first kappa shape index (κ1) is 8.54. The van der Waals surface area contributed by atoms with Crippen LogP contribution in [0, 0.1) is 0 Å². The molecule has 2 aliphatic heterocycles. The average molecular weight is 184 g/mol. The number of rotatable bonds is 1. The number of likely N-dealkylation sites (N-methyl/N-ethyl adjacent to an activating group) is 1. The highest BCUT2D eigenvalue weighted by Crippen LogP contribution is 2.93. The summed E-state index contributed by atoms with van der Waals surface area (Å²) in [5.41, 5.74) is 0. The minimum Gasteiger partial charge on any atom is -1.00 e. The molecule has 0 bridgehead atoms. The Morgan fingerprint density at radius 2 is 1.80 bits per heavy atom. The molecule has 2 heterocycles. The van der Waals surface area contributed by atoms with Crippen molar-refractivity contribution in [3.05, 3.63) is 0 Å². The lowest BCUT2D eigenvalue weighted by molar-refractivity contribution is -0.879. The van der Waals surface area contributed by atoms with Crippen molar-refractivity contribution in [2.24, 2.45) is 0 Å². The fraction of sp³-hybridized carbons (Fsp3) is 1.00. The monoisotopic (exact) mass is 183 g/mol. The molecular weight excluding hydrogens is 172 g/mol. The largest absolute Gasteiger partial charge is 1.00 e. The van der Waals surface area contributed by atoms with Crippen molar-refractivity contribution >= 4 is 7.37 Å². The maximum Gasteiger partial charge on any atom is 0.298 e. The molecule has 10 heavy (non-hydrogen) atoms. The van der Waals surface area contributed by atoms with Gasteiger partial charge < -0.3 is 21.4 Å². The minimum absolute atomic E-state index is 0. The van der Waals surface area contributed by atoms with E-state index in [9.17, 15) is 4.57 Å². The quantitative estimate of drug-likeness (QED) is 0.259. The van der Waals surface area contributed by atoms with E-state index in [1.807, 2.05) is 0 Å². The van der Waals surface area contributed by atoms with Crippen LogP contribution in [0.3, 0.4) is 0 Å². The third kappa shape index (κ3) is 0.850. The van der Waals surface area contributed by atoms with Gasteiger partial charge in [0.25, 0.3) is 7.37 Å². The molecule has 2 rings (SSSR count). The van der Waals surface area contributed by atoms with Gasteiger partial charge in [-0.3, -0.25) is 4.57 Å². The van der Waals surface area contributed by atoms with Crippen molar-refractivity contribution in [1.29, 1.82) is 0 Å². The standard InChI is InChI=1S/C5H11NO2P.ClH/c1-6(2,3)4-5-8-9(4,5)7;/h4-5H,1-3H3;1H/q+1;/p-1. The van der Waals surface area contributed by atoms with Crippen LogP contribution in [-0.4, -0.2) is 37.3 Å². The lowest BCUT2D eigenvalue weighted by Crippen LogP contribution is -3.00. The van der Waals surface area contributed by atoms with Crippen LogP contribution in [0.1, 0.15) is 0 Å². The molecule has 2 saturated heterocycles. The second-order valence-corrected chi connectivity index (χ2v) is 6.21. The van der Waals surface area contributed by atoms with Gasteiger partial charge >= 0.3 is 0 Å². The van der Waals surface area contributed by atoms with Gasteiger partial charge in [0.1, 0.15) is 0 Å². The van der Waals surface area contributed by atoms with E-state index in [4.69, 9.17) is 4.52 Å². The van der Waals surface area contributed by atoms with Crippen LogP contribution in [0.25, 0.3) is 0 Å². The Morgan fingerprint density at radius 1 is 1.40 bits per heavy atom. The molecule has 0 aromatic heterocycles. The van der Waals surface area contributed by atoms with Gasteiger partial charge in [0.15, 0.2) is 0 Å². The Kier molecular flexibility index (Phi) is 1.52. The zero-order valence-electron chi connectivity index (χ0n) is 6.24. The van der Waals surface area contributed by atoms with Gasteiger partial charge in [-0.25, -0.2) is 0 Å². The van der Waals surface area contributed by atoms with Crippen molar-refractivity contribution in [1.82, 2.24) is 0 Å². The molecule has 3 unspecified atom stereocenters. The van der Waals surface area contributed by atoms with Gasteiger partial charge in [0, 0.05) is 0 Å². The zero-order valence-corrected chi connectivity index (χ0v) is 7.89. The molecule has 3 nitrogen and oxygen atoms in total. The third-order valence-corrected chi connectivity index (χ3v) is 4.71. The van der Waals surface area contributed by atoms with Crippen LogP contribution >= 0.6 is 7.37 Å². The number of fused-ring (bicyclic) bond motifs is 1. The highest BCUT2D eigenvalue weighted by Gasteiger charge is 2.88. The van der Waals surface area contributed by atoms with Crippen molar-refractivity contribution in [2.75, 3.05) is 21.1 Å². The van der Waals surface area contributed by atoms with Crippen LogP contribution < -0.4 is 12.4 Å². The van der Waals surface area contributed by atoms with E-state index in [1.165, 1.54) is 0 Å². The van der Waals surface area contributed by atoms with Gasteiger partial charge in [-0.2, -0.15) is 0 Å². The summed E-state index contributed by atoms with van der Waals surface area (Å²) in [6, 6.07) is 0. The molecule has 0 aromatic carbocycles. The predicted molar refractivity (Wildman–Crippen MR) is 34.3 cm³/mol. The molecule has 0 spiro atoms. The molecule has 0 aromatic rings. The van der Waals surface area contributed by atoms with E-state index in [0.29, 0.717) is 5.78 Å². The average Bonchev–Trinajstić information content (AvgIpc) is 2.17. The number of hydrogen-bond acceptors (Lipinski definition) is 2. The van der Waals surface area contributed by atoms with E-state index in [1.54, 1.807) is 0 Å². The second-order valence-electron chi connectivity index (χ2n) is 3.67. The summed E-state index contributed by atoms with van der Waals surface area (Å²) in [6.07, 6.45) is 0. The number of nitrogens with zero attached hydrogens (tertiary/aromatic N) is 1. The summed E-state index contributed by atoms with van der Waals surface area (Å²) in [4.78, 5) is 0.